The van der Waals surface area contributed by atoms with Gasteiger partial charge in [0, 0.05) is 11.8 Å². The molecule has 134 valence electrons. The number of fused-ring (bicyclic) bond motifs is 3. The zero-order valence-electron chi connectivity index (χ0n) is 15.3. The topological polar surface area (TPSA) is 74.6 Å². The number of rotatable bonds is 2. The largest absolute Gasteiger partial charge is 0.504 e. The van der Waals surface area contributed by atoms with Gasteiger partial charge in [0.2, 0.25) is 0 Å². The first-order chi connectivity index (χ1) is 11.1. The molecule has 3 aliphatic carbocycles. The molecular weight excluding hydrogens is 304 g/mol. The third-order valence-electron chi connectivity index (χ3n) is 8.10. The summed E-state index contributed by atoms with van der Waals surface area (Å²) in [6.45, 7) is 8.00. The highest BCUT2D eigenvalue weighted by atomic mass is 16.3. The first kappa shape index (κ1) is 17.7. The van der Waals surface area contributed by atoms with E-state index in [1.165, 1.54) is 0 Å². The van der Waals surface area contributed by atoms with Crippen LogP contribution >= 0.6 is 0 Å². The molecule has 0 aliphatic heterocycles. The number of Topliss-reactive ketones (excluding diaryl/α,β-unsaturated/α-hetero) is 2. The lowest BCUT2D eigenvalue weighted by Gasteiger charge is -2.61. The molecule has 0 heterocycles. The Balaban J connectivity index is 1.96. The SMILES string of the molecule is CC1=C(O)C(=O)C[C@@H]2[C@]3(C)CC[C@](C)(C(=O)CO)C[C@@H]3CC[C@]12C. The average Bonchev–Trinajstić information content (AvgIpc) is 2.56. The van der Waals surface area contributed by atoms with E-state index in [4.69, 9.17) is 0 Å². The predicted octanol–water partition coefficient (Wildman–Crippen LogP) is 3.58. The van der Waals surface area contributed by atoms with Gasteiger partial charge in [0.1, 0.15) is 6.61 Å². The van der Waals surface area contributed by atoms with Gasteiger partial charge in [-0.2, -0.15) is 0 Å². The summed E-state index contributed by atoms with van der Waals surface area (Å²) in [4.78, 5) is 24.5. The van der Waals surface area contributed by atoms with Crippen molar-refractivity contribution in [3.63, 3.8) is 0 Å². The summed E-state index contributed by atoms with van der Waals surface area (Å²) in [6.07, 6.45) is 4.85. The molecule has 2 N–H and O–H groups in total. The van der Waals surface area contributed by atoms with Gasteiger partial charge in [0.15, 0.2) is 17.3 Å². The van der Waals surface area contributed by atoms with Gasteiger partial charge < -0.3 is 10.2 Å². The number of carbonyl (C=O) groups excluding carboxylic acids is 2. The molecule has 5 atom stereocenters. The molecule has 2 fully saturated rings. The maximum Gasteiger partial charge on any atom is 0.197 e. The van der Waals surface area contributed by atoms with Crippen molar-refractivity contribution in [2.24, 2.45) is 28.1 Å². The van der Waals surface area contributed by atoms with E-state index in [1.807, 2.05) is 13.8 Å². The maximum absolute atomic E-state index is 12.3. The standard InChI is InChI=1S/C20H30O4/c1-12-17(24)14(22)9-15-19(12,3)6-5-13-10-18(2,16(23)11-21)7-8-20(13,15)4/h13,15,21,24H,5-11H2,1-4H3/t13-,15-,18-,19+,20+/m0/s1. The molecule has 0 bridgehead atoms. The van der Waals surface area contributed by atoms with Gasteiger partial charge in [-0.3, -0.25) is 9.59 Å². The first-order valence-corrected chi connectivity index (χ1v) is 9.16. The second kappa shape index (κ2) is 5.42. The van der Waals surface area contributed by atoms with Crippen LogP contribution in [0.15, 0.2) is 11.3 Å². The van der Waals surface area contributed by atoms with Crippen LogP contribution in [-0.2, 0) is 9.59 Å². The van der Waals surface area contributed by atoms with Crippen LogP contribution in [0.2, 0.25) is 0 Å². The number of aliphatic hydroxyl groups excluding tert-OH is 2. The quantitative estimate of drug-likeness (QED) is 0.809. The van der Waals surface area contributed by atoms with Gasteiger partial charge >= 0.3 is 0 Å². The van der Waals surface area contributed by atoms with Gasteiger partial charge in [0.05, 0.1) is 0 Å². The van der Waals surface area contributed by atoms with Crippen molar-refractivity contribution < 1.29 is 19.8 Å². The second-order valence-corrected chi connectivity index (χ2v) is 9.16. The van der Waals surface area contributed by atoms with Crippen molar-refractivity contribution in [2.45, 2.75) is 66.2 Å². The van der Waals surface area contributed by atoms with E-state index in [2.05, 4.69) is 13.8 Å². The molecule has 3 aliphatic rings. The molecule has 0 radical (unpaired) electrons. The van der Waals surface area contributed by atoms with Crippen LogP contribution in [0.1, 0.15) is 66.2 Å². The Labute approximate surface area is 144 Å². The number of hydrogen-bond donors (Lipinski definition) is 2. The van der Waals surface area contributed by atoms with Gasteiger partial charge in [0.25, 0.3) is 0 Å². The van der Waals surface area contributed by atoms with Crippen LogP contribution in [0.3, 0.4) is 0 Å². The molecule has 24 heavy (non-hydrogen) atoms. The van der Waals surface area contributed by atoms with E-state index in [0.717, 1.165) is 37.7 Å². The lowest BCUT2D eigenvalue weighted by atomic mass is 9.42. The molecule has 2 saturated carbocycles. The Morgan fingerprint density at radius 2 is 1.88 bits per heavy atom. The van der Waals surface area contributed by atoms with Gasteiger partial charge in [-0.25, -0.2) is 0 Å². The molecule has 0 amide bonds. The fraction of sp³-hybridized carbons (Fsp3) is 0.800. The van der Waals surface area contributed by atoms with Crippen molar-refractivity contribution in [3.05, 3.63) is 11.3 Å². The van der Waals surface area contributed by atoms with Crippen LogP contribution < -0.4 is 0 Å². The number of carbonyl (C=O) groups is 2. The zero-order chi connectivity index (χ0) is 17.9. The van der Waals surface area contributed by atoms with Crippen LogP contribution in [0.5, 0.6) is 0 Å². The highest BCUT2D eigenvalue weighted by molar-refractivity contribution is 5.95. The van der Waals surface area contributed by atoms with Crippen LogP contribution in [0.25, 0.3) is 0 Å². The lowest BCUT2D eigenvalue weighted by molar-refractivity contribution is -0.148. The number of ketones is 2. The number of hydrogen-bond acceptors (Lipinski definition) is 4. The van der Waals surface area contributed by atoms with Gasteiger partial charge in [-0.05, 0) is 67.3 Å². The van der Waals surface area contributed by atoms with Crippen LogP contribution in [0, 0.1) is 28.1 Å². The van der Waals surface area contributed by atoms with Gasteiger partial charge in [-0.15, -0.1) is 0 Å². The summed E-state index contributed by atoms with van der Waals surface area (Å²) in [5.74, 6) is 0.418. The van der Waals surface area contributed by atoms with E-state index in [1.54, 1.807) is 0 Å². The Morgan fingerprint density at radius 3 is 2.50 bits per heavy atom. The monoisotopic (exact) mass is 334 g/mol. The second-order valence-electron chi connectivity index (χ2n) is 9.16. The lowest BCUT2D eigenvalue weighted by Crippen LogP contribution is -2.56. The average molecular weight is 334 g/mol. The molecule has 4 nitrogen and oxygen atoms in total. The minimum atomic E-state index is -0.432. The molecule has 0 aromatic carbocycles. The van der Waals surface area contributed by atoms with Crippen LogP contribution in [0.4, 0.5) is 0 Å². The van der Waals surface area contributed by atoms with Crippen molar-refractivity contribution in [2.75, 3.05) is 6.61 Å². The summed E-state index contributed by atoms with van der Waals surface area (Å²) >= 11 is 0. The van der Waals surface area contributed by atoms with E-state index in [9.17, 15) is 19.8 Å². The maximum atomic E-state index is 12.3. The zero-order valence-corrected chi connectivity index (χ0v) is 15.3. The Kier molecular flexibility index (Phi) is 3.99. The van der Waals surface area contributed by atoms with E-state index in [0.29, 0.717) is 12.3 Å². The summed E-state index contributed by atoms with van der Waals surface area (Å²) in [6, 6.07) is 0. The highest BCUT2D eigenvalue weighted by Crippen LogP contribution is 2.66. The van der Waals surface area contributed by atoms with E-state index in [-0.39, 0.29) is 40.7 Å². The van der Waals surface area contributed by atoms with Crippen molar-refractivity contribution in [1.82, 2.24) is 0 Å². The third kappa shape index (κ3) is 2.22. The molecule has 0 unspecified atom stereocenters. The minimum absolute atomic E-state index is 0.0138. The first-order valence-electron chi connectivity index (χ1n) is 9.16. The van der Waals surface area contributed by atoms with Crippen molar-refractivity contribution in [3.8, 4) is 0 Å². The molecule has 0 aromatic rings. The van der Waals surface area contributed by atoms with E-state index >= 15 is 0 Å². The molecule has 0 aromatic heterocycles. The summed E-state index contributed by atoms with van der Waals surface area (Å²) in [5.41, 5.74) is 0.305. The Morgan fingerprint density at radius 1 is 1.21 bits per heavy atom. The fourth-order valence-corrected chi connectivity index (χ4v) is 6.01. The molecule has 4 heteroatoms. The summed E-state index contributed by atoms with van der Waals surface area (Å²) in [7, 11) is 0. The molecule has 3 rings (SSSR count). The third-order valence-corrected chi connectivity index (χ3v) is 8.10. The smallest absolute Gasteiger partial charge is 0.197 e. The Bertz CT molecular complexity index is 621. The normalized spacial score (nSPS) is 45.6. The summed E-state index contributed by atoms with van der Waals surface area (Å²) in [5, 5.41) is 19.5. The molecule has 0 saturated heterocycles. The highest BCUT2D eigenvalue weighted by Gasteiger charge is 2.60. The minimum Gasteiger partial charge on any atom is -0.504 e. The molecule has 0 spiro atoms. The number of allylic oxidation sites excluding steroid dienone is 2. The van der Waals surface area contributed by atoms with Crippen LogP contribution in [-0.4, -0.2) is 28.4 Å². The fourth-order valence-electron chi connectivity index (χ4n) is 6.01. The summed E-state index contributed by atoms with van der Waals surface area (Å²) < 4.78 is 0. The van der Waals surface area contributed by atoms with Crippen molar-refractivity contribution >= 4 is 11.6 Å². The van der Waals surface area contributed by atoms with Gasteiger partial charge in [-0.1, -0.05) is 20.8 Å². The Hall–Kier alpha value is -1.16. The van der Waals surface area contributed by atoms with Crippen molar-refractivity contribution in [1.29, 1.82) is 0 Å². The predicted molar refractivity (Wildman–Crippen MR) is 91.4 cm³/mol. The number of aliphatic hydroxyl groups is 2. The van der Waals surface area contributed by atoms with E-state index < -0.39 is 5.41 Å². The molecular formula is C20H30O4.